The van der Waals surface area contributed by atoms with Gasteiger partial charge >= 0.3 is 5.97 Å². The molecule has 0 bridgehead atoms. The Morgan fingerprint density at radius 2 is 2.00 bits per heavy atom. The van der Waals surface area contributed by atoms with E-state index in [1.165, 1.54) is 12.6 Å². The SMILES string of the molecule is O=C(OC1CCCCC1)c1ccc[n+](COC[n+]2ccccc2C=NO)c1. The molecule has 7 nitrogen and oxygen atoms in total. The predicted octanol–water partition coefficient (Wildman–Crippen LogP) is 2.19. The first-order chi connectivity index (χ1) is 13.3. The molecule has 3 rings (SSSR count). The summed E-state index contributed by atoms with van der Waals surface area (Å²) in [5, 5.41) is 11.8. The highest BCUT2D eigenvalue weighted by Gasteiger charge is 2.20. The summed E-state index contributed by atoms with van der Waals surface area (Å²) in [6.07, 6.45) is 12.2. The monoisotopic (exact) mass is 371 g/mol. The molecule has 0 spiro atoms. The van der Waals surface area contributed by atoms with Crippen LogP contribution in [0.2, 0.25) is 0 Å². The van der Waals surface area contributed by atoms with Gasteiger partial charge in [-0.3, -0.25) is 4.74 Å². The van der Waals surface area contributed by atoms with E-state index in [1.54, 1.807) is 22.9 Å². The molecule has 0 aliphatic heterocycles. The van der Waals surface area contributed by atoms with Crippen LogP contribution in [0, 0.1) is 0 Å². The van der Waals surface area contributed by atoms with Gasteiger partial charge in [0.15, 0.2) is 18.6 Å². The Balaban J connectivity index is 1.55. The second kappa shape index (κ2) is 9.78. The summed E-state index contributed by atoms with van der Waals surface area (Å²) in [6.45, 7) is 0.564. The molecule has 1 aliphatic carbocycles. The normalized spacial score (nSPS) is 15.1. The van der Waals surface area contributed by atoms with Crippen LogP contribution in [0.25, 0.3) is 0 Å². The largest absolute Gasteiger partial charge is 0.459 e. The zero-order valence-electron chi connectivity index (χ0n) is 15.2. The number of hydrogen-bond donors (Lipinski definition) is 1. The van der Waals surface area contributed by atoms with Crippen LogP contribution in [0.1, 0.15) is 48.2 Å². The second-order valence-corrected chi connectivity index (χ2v) is 6.57. The van der Waals surface area contributed by atoms with Gasteiger partial charge in [0.1, 0.15) is 17.9 Å². The van der Waals surface area contributed by atoms with E-state index >= 15 is 0 Å². The van der Waals surface area contributed by atoms with E-state index in [-0.39, 0.29) is 25.5 Å². The molecule has 2 aromatic rings. The summed E-state index contributed by atoms with van der Waals surface area (Å²) in [5.41, 5.74) is 1.24. The Hall–Kier alpha value is -2.80. The van der Waals surface area contributed by atoms with Crippen molar-refractivity contribution >= 4 is 12.2 Å². The average molecular weight is 371 g/mol. The predicted molar refractivity (Wildman–Crippen MR) is 96.0 cm³/mol. The van der Waals surface area contributed by atoms with Gasteiger partial charge in [0.05, 0.1) is 0 Å². The van der Waals surface area contributed by atoms with E-state index in [0.29, 0.717) is 5.56 Å². The van der Waals surface area contributed by atoms with Crippen LogP contribution in [0.3, 0.4) is 0 Å². The Morgan fingerprint density at radius 3 is 2.81 bits per heavy atom. The summed E-state index contributed by atoms with van der Waals surface area (Å²) < 4.78 is 14.9. The molecule has 0 unspecified atom stereocenters. The van der Waals surface area contributed by atoms with Gasteiger partial charge in [0.25, 0.3) is 13.5 Å². The number of nitrogens with zero attached hydrogens (tertiary/aromatic N) is 3. The number of carbonyl (C=O) groups excluding carboxylic acids is 1. The van der Waals surface area contributed by atoms with E-state index in [4.69, 9.17) is 14.7 Å². The van der Waals surface area contributed by atoms with Gasteiger partial charge in [0.2, 0.25) is 5.69 Å². The van der Waals surface area contributed by atoms with Gasteiger partial charge in [0, 0.05) is 18.2 Å². The maximum atomic E-state index is 12.4. The third-order valence-electron chi connectivity index (χ3n) is 4.56. The zero-order valence-corrected chi connectivity index (χ0v) is 15.2. The lowest BCUT2D eigenvalue weighted by atomic mass is 9.98. The molecular weight excluding hydrogens is 346 g/mol. The minimum Gasteiger partial charge on any atom is -0.459 e. The molecule has 0 saturated heterocycles. The Bertz CT molecular complexity index is 788. The van der Waals surface area contributed by atoms with Gasteiger partial charge in [-0.1, -0.05) is 11.6 Å². The Kier molecular flexibility index (Phi) is 6.87. The fourth-order valence-corrected chi connectivity index (χ4v) is 3.15. The molecule has 27 heavy (non-hydrogen) atoms. The third kappa shape index (κ3) is 5.59. The topological polar surface area (TPSA) is 75.9 Å². The standard InChI is InChI=1S/C20H24N3O4/c24-20(27-19-9-2-1-3-10-19)17-7-6-11-22(14-17)15-26-16-23-12-5-4-8-18(23)13-21-25/h4-8,11-14,19H,1-3,9-10,15-16H2/q+1/p+1. The second-order valence-electron chi connectivity index (χ2n) is 6.57. The van der Waals surface area contributed by atoms with Crippen molar-refractivity contribution < 1.29 is 28.6 Å². The van der Waals surface area contributed by atoms with Crippen molar-refractivity contribution in [1.82, 2.24) is 0 Å². The molecule has 1 aliphatic rings. The van der Waals surface area contributed by atoms with Gasteiger partial charge < -0.3 is 9.94 Å². The lowest BCUT2D eigenvalue weighted by molar-refractivity contribution is -0.788. The van der Waals surface area contributed by atoms with Crippen LogP contribution >= 0.6 is 0 Å². The zero-order chi connectivity index (χ0) is 18.9. The summed E-state index contributed by atoms with van der Waals surface area (Å²) >= 11 is 0. The molecule has 1 N–H and O–H groups in total. The van der Waals surface area contributed by atoms with Gasteiger partial charge in [-0.15, -0.1) is 0 Å². The van der Waals surface area contributed by atoms with Crippen LogP contribution in [-0.2, 0) is 22.9 Å². The first-order valence-corrected chi connectivity index (χ1v) is 9.20. The number of esters is 1. The highest BCUT2D eigenvalue weighted by molar-refractivity contribution is 5.88. The molecule has 2 heterocycles. The quantitative estimate of drug-likeness (QED) is 0.266. The summed E-state index contributed by atoms with van der Waals surface area (Å²) in [6, 6.07) is 9.10. The van der Waals surface area contributed by atoms with Crippen molar-refractivity contribution in [3.05, 3.63) is 60.2 Å². The molecule has 0 radical (unpaired) electrons. The molecule has 2 aromatic heterocycles. The molecular formula is C20H25N3O4+2. The molecule has 7 heteroatoms. The van der Waals surface area contributed by atoms with Crippen LogP contribution in [0.5, 0.6) is 0 Å². The van der Waals surface area contributed by atoms with Crippen molar-refractivity contribution in [2.24, 2.45) is 5.16 Å². The highest BCUT2D eigenvalue weighted by atomic mass is 16.5. The maximum absolute atomic E-state index is 12.4. The van der Waals surface area contributed by atoms with E-state index in [2.05, 4.69) is 5.16 Å². The minimum atomic E-state index is -0.282. The van der Waals surface area contributed by atoms with Crippen molar-refractivity contribution in [2.75, 3.05) is 0 Å². The lowest BCUT2D eigenvalue weighted by Crippen LogP contribution is -2.43. The minimum absolute atomic E-state index is 0.0391. The molecule has 142 valence electrons. The Morgan fingerprint density at radius 1 is 1.15 bits per heavy atom. The van der Waals surface area contributed by atoms with Crippen LogP contribution in [0.15, 0.2) is 54.1 Å². The van der Waals surface area contributed by atoms with Crippen LogP contribution < -0.4 is 9.13 Å². The van der Waals surface area contributed by atoms with E-state index in [1.807, 2.05) is 35.2 Å². The van der Waals surface area contributed by atoms with Gasteiger partial charge in [-0.25, -0.2) is 4.79 Å². The average Bonchev–Trinajstić information content (AvgIpc) is 2.70. The van der Waals surface area contributed by atoms with Crippen LogP contribution in [-0.4, -0.2) is 23.5 Å². The fourth-order valence-electron chi connectivity index (χ4n) is 3.15. The molecule has 0 aromatic carbocycles. The third-order valence-corrected chi connectivity index (χ3v) is 4.56. The molecule has 0 amide bonds. The number of pyridine rings is 2. The Labute approximate surface area is 158 Å². The smallest absolute Gasteiger partial charge is 0.344 e. The van der Waals surface area contributed by atoms with Crippen molar-refractivity contribution in [3.63, 3.8) is 0 Å². The number of carbonyl (C=O) groups is 1. The van der Waals surface area contributed by atoms with Gasteiger partial charge in [-0.2, -0.15) is 9.13 Å². The molecule has 1 saturated carbocycles. The van der Waals surface area contributed by atoms with E-state index in [9.17, 15) is 4.79 Å². The van der Waals surface area contributed by atoms with Crippen molar-refractivity contribution in [3.8, 4) is 0 Å². The number of rotatable bonds is 7. The number of oxime groups is 1. The van der Waals surface area contributed by atoms with Crippen molar-refractivity contribution in [2.45, 2.75) is 51.7 Å². The first-order valence-electron chi connectivity index (χ1n) is 9.20. The van der Waals surface area contributed by atoms with E-state index < -0.39 is 0 Å². The fraction of sp³-hybridized carbons (Fsp3) is 0.400. The summed E-state index contributed by atoms with van der Waals surface area (Å²) in [5.74, 6) is -0.282. The first kappa shape index (κ1) is 19.0. The molecule has 1 fully saturated rings. The maximum Gasteiger partial charge on any atom is 0.344 e. The number of aromatic nitrogens is 2. The summed E-state index contributed by atoms with van der Waals surface area (Å²) in [7, 11) is 0. The van der Waals surface area contributed by atoms with Crippen molar-refractivity contribution in [1.29, 1.82) is 0 Å². The summed E-state index contributed by atoms with van der Waals surface area (Å²) in [4.78, 5) is 12.4. The van der Waals surface area contributed by atoms with Crippen LogP contribution in [0.4, 0.5) is 0 Å². The van der Waals surface area contributed by atoms with Gasteiger partial charge in [-0.05, 0) is 37.8 Å². The lowest BCUT2D eigenvalue weighted by Gasteiger charge is -2.21. The number of hydrogen-bond acceptors (Lipinski definition) is 5. The number of ether oxygens (including phenoxy) is 2. The van der Waals surface area contributed by atoms with E-state index in [0.717, 1.165) is 31.4 Å². The highest BCUT2D eigenvalue weighted by Crippen LogP contribution is 2.21. The molecule has 0 atom stereocenters.